The van der Waals surface area contributed by atoms with Crippen LogP contribution in [0.25, 0.3) is 0 Å². The van der Waals surface area contributed by atoms with E-state index >= 15 is 0 Å². The fourth-order valence-electron chi connectivity index (χ4n) is 2.05. The topological polar surface area (TPSA) is 102 Å². The number of hydrogen-bond acceptors (Lipinski definition) is 5. The van der Waals surface area contributed by atoms with Gasteiger partial charge in [-0.1, -0.05) is 0 Å². The van der Waals surface area contributed by atoms with Crippen LogP contribution in [0.4, 0.5) is 15.8 Å². The van der Waals surface area contributed by atoms with Crippen molar-refractivity contribution in [3.8, 4) is 0 Å². The lowest BCUT2D eigenvalue weighted by atomic mass is 9.85. The average Bonchev–Trinajstić information content (AvgIpc) is 2.74. The van der Waals surface area contributed by atoms with E-state index in [1.165, 1.54) is 13.0 Å². The van der Waals surface area contributed by atoms with Crippen LogP contribution < -0.4 is 5.32 Å². The van der Waals surface area contributed by atoms with E-state index in [1.54, 1.807) is 0 Å². The Labute approximate surface area is 113 Å². The molecule has 20 heavy (non-hydrogen) atoms. The van der Waals surface area contributed by atoms with Gasteiger partial charge in [-0.05, 0) is 19.1 Å². The number of halogens is 1. The molecule has 8 heteroatoms. The molecule has 0 radical (unpaired) electrons. The van der Waals surface area contributed by atoms with E-state index < -0.39 is 33.9 Å². The van der Waals surface area contributed by atoms with Gasteiger partial charge < -0.3 is 15.2 Å². The van der Waals surface area contributed by atoms with Crippen molar-refractivity contribution in [3.63, 3.8) is 0 Å². The van der Waals surface area contributed by atoms with Crippen molar-refractivity contribution in [1.29, 1.82) is 0 Å². The SMILES string of the molecule is CC1(C(=O)O)COCC1Nc1ccc(F)cc1[N+](=O)[O-]. The predicted molar refractivity (Wildman–Crippen MR) is 67.0 cm³/mol. The predicted octanol–water partition coefficient (Wildman–Crippen LogP) is 1.64. The summed E-state index contributed by atoms with van der Waals surface area (Å²) in [5, 5.41) is 22.9. The van der Waals surface area contributed by atoms with E-state index in [0.717, 1.165) is 12.1 Å². The van der Waals surface area contributed by atoms with Crippen LogP contribution in [0.3, 0.4) is 0 Å². The van der Waals surface area contributed by atoms with Gasteiger partial charge in [0.15, 0.2) is 0 Å². The molecular weight excluding hydrogens is 271 g/mol. The zero-order valence-electron chi connectivity index (χ0n) is 10.6. The lowest BCUT2D eigenvalue weighted by Crippen LogP contribution is -2.43. The van der Waals surface area contributed by atoms with Crippen LogP contribution in [0.5, 0.6) is 0 Å². The van der Waals surface area contributed by atoms with Crippen LogP contribution in [0.2, 0.25) is 0 Å². The Kier molecular flexibility index (Phi) is 3.58. The Balaban J connectivity index is 2.31. The van der Waals surface area contributed by atoms with Gasteiger partial charge in [-0.3, -0.25) is 14.9 Å². The Morgan fingerprint density at radius 2 is 2.35 bits per heavy atom. The van der Waals surface area contributed by atoms with Crippen LogP contribution in [0.1, 0.15) is 6.92 Å². The summed E-state index contributed by atoms with van der Waals surface area (Å²) < 4.78 is 18.2. The van der Waals surface area contributed by atoms with Crippen LogP contribution in [0, 0.1) is 21.3 Å². The molecule has 2 unspecified atom stereocenters. The number of rotatable bonds is 4. The summed E-state index contributed by atoms with van der Waals surface area (Å²) in [5.41, 5.74) is -1.56. The standard InChI is InChI=1S/C12H13FN2O5/c1-12(11(16)17)6-20-5-10(12)14-8-3-2-7(13)4-9(8)15(18)19/h2-4,10,14H,5-6H2,1H3,(H,16,17). The highest BCUT2D eigenvalue weighted by atomic mass is 19.1. The first kappa shape index (κ1) is 14.2. The number of nitrogens with one attached hydrogen (secondary N) is 1. The number of nitro benzene ring substituents is 1. The highest BCUT2D eigenvalue weighted by molar-refractivity contribution is 5.77. The molecule has 108 valence electrons. The minimum atomic E-state index is -1.19. The van der Waals surface area contributed by atoms with Crippen molar-refractivity contribution in [3.05, 3.63) is 34.1 Å². The first-order chi connectivity index (χ1) is 9.34. The van der Waals surface area contributed by atoms with Gasteiger partial charge in [-0.15, -0.1) is 0 Å². The van der Waals surface area contributed by atoms with Crippen molar-refractivity contribution >= 4 is 17.3 Å². The molecule has 1 aliphatic rings. The normalized spacial score (nSPS) is 25.4. The van der Waals surface area contributed by atoms with Gasteiger partial charge in [0.05, 0.1) is 30.2 Å². The number of ether oxygens (including phenoxy) is 1. The number of nitro groups is 1. The van der Waals surface area contributed by atoms with Gasteiger partial charge in [0.2, 0.25) is 0 Å². The molecule has 1 heterocycles. The number of carboxylic acids is 1. The molecular formula is C12H13FN2O5. The van der Waals surface area contributed by atoms with Crippen molar-refractivity contribution in [2.24, 2.45) is 5.41 Å². The summed E-state index contributed by atoms with van der Waals surface area (Å²) in [7, 11) is 0. The number of anilines is 1. The highest BCUT2D eigenvalue weighted by Gasteiger charge is 2.47. The molecule has 1 aromatic carbocycles. The van der Waals surface area contributed by atoms with E-state index in [1.807, 2.05) is 0 Å². The number of benzene rings is 1. The third-order valence-electron chi connectivity index (χ3n) is 3.43. The van der Waals surface area contributed by atoms with E-state index in [4.69, 9.17) is 4.74 Å². The molecule has 1 saturated heterocycles. The maximum Gasteiger partial charge on any atom is 0.313 e. The molecule has 1 aromatic rings. The third-order valence-corrected chi connectivity index (χ3v) is 3.43. The molecule has 2 N–H and O–H groups in total. The quantitative estimate of drug-likeness (QED) is 0.643. The molecule has 0 aromatic heterocycles. The second kappa shape index (κ2) is 5.04. The summed E-state index contributed by atoms with van der Waals surface area (Å²) >= 11 is 0. The second-order valence-corrected chi connectivity index (χ2v) is 4.85. The molecule has 0 saturated carbocycles. The number of carboxylic acid groups (broad SMARTS) is 1. The maximum atomic E-state index is 13.1. The summed E-state index contributed by atoms with van der Waals surface area (Å²) in [6.45, 7) is 1.61. The first-order valence-electron chi connectivity index (χ1n) is 5.86. The number of aliphatic carboxylic acids is 1. The number of carbonyl (C=O) groups is 1. The summed E-state index contributed by atoms with van der Waals surface area (Å²) in [5.74, 6) is -1.79. The average molecular weight is 284 g/mol. The van der Waals surface area contributed by atoms with E-state index in [9.17, 15) is 24.4 Å². The van der Waals surface area contributed by atoms with E-state index in [-0.39, 0.29) is 18.9 Å². The number of hydrogen-bond donors (Lipinski definition) is 2. The molecule has 0 spiro atoms. The van der Waals surface area contributed by atoms with Crippen LogP contribution in [-0.4, -0.2) is 35.3 Å². The zero-order valence-corrected chi connectivity index (χ0v) is 10.6. The third kappa shape index (κ3) is 2.42. The lowest BCUT2D eigenvalue weighted by Gasteiger charge is -2.26. The van der Waals surface area contributed by atoms with Crippen LogP contribution in [0.15, 0.2) is 18.2 Å². The molecule has 0 bridgehead atoms. The summed E-state index contributed by atoms with van der Waals surface area (Å²) in [6, 6.07) is 2.44. The largest absolute Gasteiger partial charge is 0.481 e. The molecule has 0 aliphatic carbocycles. The molecule has 1 aliphatic heterocycles. The smallest absolute Gasteiger partial charge is 0.313 e. The molecule has 2 rings (SSSR count). The first-order valence-corrected chi connectivity index (χ1v) is 5.86. The molecule has 1 fully saturated rings. The van der Waals surface area contributed by atoms with Crippen molar-refractivity contribution in [2.75, 3.05) is 18.5 Å². The fourth-order valence-corrected chi connectivity index (χ4v) is 2.05. The van der Waals surface area contributed by atoms with Gasteiger partial charge in [0.1, 0.15) is 16.9 Å². The van der Waals surface area contributed by atoms with Gasteiger partial charge in [-0.25, -0.2) is 4.39 Å². The molecule has 7 nitrogen and oxygen atoms in total. The van der Waals surface area contributed by atoms with Crippen LogP contribution in [-0.2, 0) is 9.53 Å². The molecule has 0 amide bonds. The zero-order chi connectivity index (χ0) is 14.9. The second-order valence-electron chi connectivity index (χ2n) is 4.85. The lowest BCUT2D eigenvalue weighted by molar-refractivity contribution is -0.384. The molecule has 2 atom stereocenters. The Morgan fingerprint density at radius 3 is 2.95 bits per heavy atom. The number of nitrogens with zero attached hydrogens (tertiary/aromatic N) is 1. The monoisotopic (exact) mass is 284 g/mol. The van der Waals surface area contributed by atoms with E-state index in [2.05, 4.69) is 5.32 Å². The Bertz CT molecular complexity index is 565. The minimum absolute atomic E-state index is 0.00892. The summed E-state index contributed by atoms with van der Waals surface area (Å²) in [4.78, 5) is 21.5. The fraction of sp³-hybridized carbons (Fsp3) is 0.417. The summed E-state index contributed by atoms with van der Waals surface area (Å²) in [6.07, 6.45) is 0. The van der Waals surface area contributed by atoms with Gasteiger partial charge in [-0.2, -0.15) is 0 Å². The Morgan fingerprint density at radius 1 is 1.65 bits per heavy atom. The minimum Gasteiger partial charge on any atom is -0.481 e. The van der Waals surface area contributed by atoms with Gasteiger partial charge in [0.25, 0.3) is 5.69 Å². The van der Waals surface area contributed by atoms with Crippen molar-refractivity contribution < 1.29 is 24.0 Å². The van der Waals surface area contributed by atoms with Crippen molar-refractivity contribution in [1.82, 2.24) is 0 Å². The van der Waals surface area contributed by atoms with Crippen LogP contribution >= 0.6 is 0 Å². The van der Waals surface area contributed by atoms with E-state index in [0.29, 0.717) is 0 Å². The van der Waals surface area contributed by atoms with Gasteiger partial charge in [0, 0.05) is 0 Å². The highest BCUT2D eigenvalue weighted by Crippen LogP contribution is 2.34. The van der Waals surface area contributed by atoms with Crippen molar-refractivity contribution in [2.45, 2.75) is 13.0 Å². The van der Waals surface area contributed by atoms with Gasteiger partial charge >= 0.3 is 5.97 Å². The Hall–Kier alpha value is -2.22. The maximum absolute atomic E-state index is 13.1.